The van der Waals surface area contributed by atoms with Crippen LogP contribution in [0.3, 0.4) is 0 Å². The van der Waals surface area contributed by atoms with E-state index in [1.807, 2.05) is 0 Å². The van der Waals surface area contributed by atoms with Crippen LogP contribution in [0.4, 0.5) is 4.79 Å². The molecule has 0 aromatic carbocycles. The second-order valence-corrected chi connectivity index (χ2v) is 5.98. The third-order valence-electron chi connectivity index (χ3n) is 2.78. The molecule has 0 saturated carbocycles. The van der Waals surface area contributed by atoms with Crippen molar-refractivity contribution < 1.29 is 24.5 Å². The largest absolute Gasteiger partial charge is 0.481 e. The van der Waals surface area contributed by atoms with Gasteiger partial charge in [-0.1, -0.05) is 0 Å². The predicted octanol–water partition coefficient (Wildman–Crippen LogP) is 1.08. The van der Waals surface area contributed by atoms with Crippen LogP contribution in [0.2, 0.25) is 0 Å². The molecule has 6 nitrogen and oxygen atoms in total. The molecule has 104 valence electrons. The molecule has 2 N–H and O–H groups in total. The normalized spacial score (nSPS) is 19.9. The summed E-state index contributed by atoms with van der Waals surface area (Å²) in [5.41, 5.74) is -1.63. The van der Waals surface area contributed by atoms with E-state index in [9.17, 15) is 19.8 Å². The van der Waals surface area contributed by atoms with Crippen LogP contribution in [-0.2, 0) is 9.53 Å². The van der Waals surface area contributed by atoms with Gasteiger partial charge in [0.15, 0.2) is 0 Å². The summed E-state index contributed by atoms with van der Waals surface area (Å²) in [4.78, 5) is 24.2. The molecule has 1 aliphatic heterocycles. The number of carboxylic acid groups (broad SMARTS) is 1. The second kappa shape index (κ2) is 4.76. The van der Waals surface area contributed by atoms with Crippen molar-refractivity contribution in [2.45, 2.75) is 45.8 Å². The number of carbonyl (C=O) groups excluding carboxylic acids is 1. The monoisotopic (exact) mass is 259 g/mol. The number of carboxylic acids is 1. The molecule has 1 fully saturated rings. The van der Waals surface area contributed by atoms with Gasteiger partial charge in [-0.3, -0.25) is 4.79 Å². The summed E-state index contributed by atoms with van der Waals surface area (Å²) in [5, 5.41) is 18.5. The first kappa shape index (κ1) is 14.8. The van der Waals surface area contributed by atoms with Crippen LogP contribution in [0.5, 0.6) is 0 Å². The van der Waals surface area contributed by atoms with Crippen molar-refractivity contribution >= 4 is 12.1 Å². The quantitative estimate of drug-likeness (QED) is 0.792. The number of aliphatic hydroxyl groups excluding tert-OH is 1. The van der Waals surface area contributed by atoms with Gasteiger partial charge in [0.05, 0.1) is 6.10 Å². The van der Waals surface area contributed by atoms with Gasteiger partial charge in [0, 0.05) is 13.1 Å². The fourth-order valence-corrected chi connectivity index (χ4v) is 2.06. The van der Waals surface area contributed by atoms with Crippen LogP contribution in [0.1, 0.15) is 34.1 Å². The molecule has 1 unspecified atom stereocenters. The van der Waals surface area contributed by atoms with E-state index in [0.29, 0.717) is 0 Å². The first-order valence-electron chi connectivity index (χ1n) is 5.95. The van der Waals surface area contributed by atoms with Crippen LogP contribution in [0.25, 0.3) is 0 Å². The molecule has 0 aromatic heterocycles. The lowest BCUT2D eigenvalue weighted by Crippen LogP contribution is -2.63. The van der Waals surface area contributed by atoms with Crippen molar-refractivity contribution in [2.24, 2.45) is 5.41 Å². The highest BCUT2D eigenvalue weighted by Crippen LogP contribution is 2.36. The Labute approximate surface area is 107 Å². The van der Waals surface area contributed by atoms with Gasteiger partial charge >= 0.3 is 12.1 Å². The molecule has 1 amide bonds. The molecular formula is C12H21NO5. The van der Waals surface area contributed by atoms with E-state index in [0.717, 1.165) is 0 Å². The van der Waals surface area contributed by atoms with Crippen molar-refractivity contribution in [2.75, 3.05) is 13.1 Å². The molecule has 0 aliphatic carbocycles. The maximum Gasteiger partial charge on any atom is 0.410 e. The zero-order valence-corrected chi connectivity index (χ0v) is 11.3. The van der Waals surface area contributed by atoms with Crippen molar-refractivity contribution in [3.63, 3.8) is 0 Å². The molecule has 1 rings (SSSR count). The summed E-state index contributed by atoms with van der Waals surface area (Å²) in [6.07, 6.45) is -1.08. The third-order valence-corrected chi connectivity index (χ3v) is 2.78. The lowest BCUT2D eigenvalue weighted by molar-refractivity contribution is -0.162. The van der Waals surface area contributed by atoms with Crippen LogP contribution in [0.15, 0.2) is 0 Å². The first-order valence-corrected chi connectivity index (χ1v) is 5.95. The topological polar surface area (TPSA) is 87.1 Å². The molecule has 0 bridgehead atoms. The predicted molar refractivity (Wildman–Crippen MR) is 64.2 cm³/mol. The summed E-state index contributed by atoms with van der Waals surface area (Å²) >= 11 is 0. The molecule has 1 heterocycles. The molecular weight excluding hydrogens is 238 g/mol. The van der Waals surface area contributed by atoms with Gasteiger partial charge in [-0.15, -0.1) is 0 Å². The first-order chi connectivity index (χ1) is 8.06. The van der Waals surface area contributed by atoms with Gasteiger partial charge in [-0.05, 0) is 34.1 Å². The van der Waals surface area contributed by atoms with E-state index in [1.54, 1.807) is 27.7 Å². The Morgan fingerprint density at radius 2 is 1.89 bits per heavy atom. The Morgan fingerprint density at radius 1 is 1.39 bits per heavy atom. The fourth-order valence-electron chi connectivity index (χ4n) is 2.06. The number of carbonyl (C=O) groups is 2. The van der Waals surface area contributed by atoms with Gasteiger partial charge < -0.3 is 19.8 Å². The van der Waals surface area contributed by atoms with E-state index in [4.69, 9.17) is 4.74 Å². The van der Waals surface area contributed by atoms with Gasteiger partial charge in [-0.25, -0.2) is 4.79 Å². The number of rotatable bonds is 3. The van der Waals surface area contributed by atoms with E-state index in [-0.39, 0.29) is 19.5 Å². The SMILES string of the molecule is CC(O)CC1(C(=O)O)CN(C(=O)OC(C)(C)C)C1. The highest BCUT2D eigenvalue weighted by atomic mass is 16.6. The summed E-state index contributed by atoms with van der Waals surface area (Å²) in [6, 6.07) is 0. The molecule has 0 radical (unpaired) electrons. The van der Waals surface area contributed by atoms with Crippen molar-refractivity contribution in [1.29, 1.82) is 0 Å². The highest BCUT2D eigenvalue weighted by Gasteiger charge is 2.52. The Morgan fingerprint density at radius 3 is 2.22 bits per heavy atom. The molecule has 0 spiro atoms. The minimum atomic E-state index is -1.04. The second-order valence-electron chi connectivity index (χ2n) is 5.98. The van der Waals surface area contributed by atoms with Gasteiger partial charge in [-0.2, -0.15) is 0 Å². The molecule has 1 saturated heterocycles. The van der Waals surface area contributed by atoms with Crippen molar-refractivity contribution in [1.82, 2.24) is 4.90 Å². The van der Waals surface area contributed by atoms with E-state index < -0.39 is 29.2 Å². The number of ether oxygens (including phenoxy) is 1. The molecule has 1 atom stereocenters. The minimum absolute atomic E-state index is 0.0855. The molecule has 0 aromatic rings. The van der Waals surface area contributed by atoms with Crippen molar-refractivity contribution in [3.05, 3.63) is 0 Å². The average molecular weight is 259 g/mol. The number of amides is 1. The maximum absolute atomic E-state index is 11.7. The lowest BCUT2D eigenvalue weighted by atomic mass is 9.75. The van der Waals surface area contributed by atoms with Crippen LogP contribution in [-0.4, -0.2) is 52.0 Å². The number of aliphatic carboxylic acids is 1. The average Bonchev–Trinajstić information content (AvgIpc) is 2.05. The standard InChI is InChI=1S/C12H21NO5/c1-8(14)5-12(9(15)16)6-13(7-12)10(17)18-11(2,3)4/h8,14H,5-7H2,1-4H3,(H,15,16). The molecule has 18 heavy (non-hydrogen) atoms. The van der Waals surface area contributed by atoms with Gasteiger partial charge in [0.2, 0.25) is 0 Å². The number of nitrogens with zero attached hydrogens (tertiary/aromatic N) is 1. The minimum Gasteiger partial charge on any atom is -0.481 e. The van der Waals surface area contributed by atoms with Crippen LogP contribution >= 0.6 is 0 Å². The summed E-state index contributed by atoms with van der Waals surface area (Å²) in [6.45, 7) is 6.98. The Bertz CT molecular complexity index is 339. The summed E-state index contributed by atoms with van der Waals surface area (Å²) < 4.78 is 5.15. The molecule has 6 heteroatoms. The van der Waals surface area contributed by atoms with E-state index in [1.165, 1.54) is 4.90 Å². The number of hydrogen-bond donors (Lipinski definition) is 2. The third kappa shape index (κ3) is 3.35. The maximum atomic E-state index is 11.7. The zero-order chi connectivity index (χ0) is 14.1. The smallest absolute Gasteiger partial charge is 0.410 e. The Kier molecular flexibility index (Phi) is 3.90. The van der Waals surface area contributed by atoms with E-state index >= 15 is 0 Å². The zero-order valence-electron chi connectivity index (χ0n) is 11.3. The molecule has 1 aliphatic rings. The van der Waals surface area contributed by atoms with Crippen LogP contribution < -0.4 is 0 Å². The van der Waals surface area contributed by atoms with Crippen molar-refractivity contribution in [3.8, 4) is 0 Å². The highest BCUT2D eigenvalue weighted by molar-refractivity contribution is 5.80. The Balaban J connectivity index is 2.59. The number of aliphatic hydroxyl groups is 1. The van der Waals surface area contributed by atoms with Crippen LogP contribution in [0, 0.1) is 5.41 Å². The van der Waals surface area contributed by atoms with Gasteiger partial charge in [0.25, 0.3) is 0 Å². The van der Waals surface area contributed by atoms with Gasteiger partial charge in [0.1, 0.15) is 11.0 Å². The lowest BCUT2D eigenvalue weighted by Gasteiger charge is -2.47. The summed E-state index contributed by atoms with van der Waals surface area (Å²) in [7, 11) is 0. The summed E-state index contributed by atoms with van der Waals surface area (Å²) in [5.74, 6) is -0.983. The fraction of sp³-hybridized carbons (Fsp3) is 0.833. The number of hydrogen-bond acceptors (Lipinski definition) is 4. The van der Waals surface area contributed by atoms with E-state index in [2.05, 4.69) is 0 Å². The Hall–Kier alpha value is -1.30. The number of likely N-dealkylation sites (tertiary alicyclic amines) is 1.